The summed E-state index contributed by atoms with van der Waals surface area (Å²) in [5.41, 5.74) is 2.02. The molecule has 2 aromatic rings. The van der Waals surface area contributed by atoms with Crippen LogP contribution in [0.4, 0.5) is 0 Å². The number of hydrogen-bond acceptors (Lipinski definition) is 4. The van der Waals surface area contributed by atoms with Crippen molar-refractivity contribution in [2.45, 2.75) is 0 Å². The van der Waals surface area contributed by atoms with Crippen LogP contribution in [-0.2, 0) is 0 Å². The standard InChI is InChI=1S/C14H8O2.CHNS/c15-13-9-5-1-2-6-10(9)14(16)12-8-4-3-7-11(12)13;2-1-3/h1-8H;2H. The summed E-state index contributed by atoms with van der Waals surface area (Å²) in [7, 11) is 0. The Morgan fingerprint density at radius 2 is 0.947 bits per heavy atom. The second-order valence-electron chi connectivity index (χ2n) is 3.85. The minimum absolute atomic E-state index is 0.0641. The van der Waals surface area contributed by atoms with Gasteiger partial charge in [-0.05, 0) is 12.2 Å². The maximum atomic E-state index is 12.1. The molecule has 0 spiro atoms. The van der Waals surface area contributed by atoms with Crippen LogP contribution in [0.15, 0.2) is 48.5 Å². The summed E-state index contributed by atoms with van der Waals surface area (Å²) in [4.78, 5) is 24.2. The fraction of sp³-hybridized carbons (Fsp3) is 0. The van der Waals surface area contributed by atoms with Gasteiger partial charge in [-0.1, -0.05) is 48.5 Å². The molecule has 3 nitrogen and oxygen atoms in total. The summed E-state index contributed by atoms with van der Waals surface area (Å²) in [6.07, 6.45) is 0. The van der Waals surface area contributed by atoms with E-state index in [0.717, 1.165) is 0 Å². The summed E-state index contributed by atoms with van der Waals surface area (Å²) in [5, 5.41) is 7.36. The van der Waals surface area contributed by atoms with E-state index in [1.54, 1.807) is 53.7 Å². The molecule has 2 aromatic carbocycles. The predicted molar refractivity (Wildman–Crippen MR) is 75.1 cm³/mol. The zero-order valence-corrected chi connectivity index (χ0v) is 10.7. The summed E-state index contributed by atoms with van der Waals surface area (Å²) in [5.74, 6) is -0.128. The Morgan fingerprint density at radius 1 is 0.737 bits per heavy atom. The number of rotatable bonds is 0. The van der Waals surface area contributed by atoms with Crippen LogP contribution in [-0.4, -0.2) is 16.7 Å². The average molecular weight is 267 g/mol. The predicted octanol–water partition coefficient (Wildman–Crippen LogP) is 3.13. The number of benzene rings is 2. The van der Waals surface area contributed by atoms with Gasteiger partial charge < -0.3 is 0 Å². The first kappa shape index (κ1) is 13.0. The Morgan fingerprint density at radius 3 is 1.16 bits per heavy atom. The molecule has 0 amide bonds. The first-order chi connectivity index (χ1) is 9.20. The molecule has 0 fully saturated rings. The maximum Gasteiger partial charge on any atom is 0.194 e. The van der Waals surface area contributed by atoms with Crippen molar-refractivity contribution in [2.24, 2.45) is 0 Å². The maximum absolute atomic E-state index is 12.1. The zero-order chi connectivity index (χ0) is 13.8. The highest BCUT2D eigenvalue weighted by Crippen LogP contribution is 2.26. The van der Waals surface area contributed by atoms with Crippen LogP contribution in [0.25, 0.3) is 0 Å². The second-order valence-corrected chi connectivity index (χ2v) is 4.06. The average Bonchev–Trinajstić information content (AvgIpc) is 2.46. The number of carbonyl (C=O) groups is 2. The van der Waals surface area contributed by atoms with E-state index in [4.69, 9.17) is 5.41 Å². The van der Waals surface area contributed by atoms with Crippen LogP contribution in [0.3, 0.4) is 0 Å². The molecule has 0 radical (unpaired) electrons. The highest BCUT2D eigenvalue weighted by atomic mass is 32.1. The van der Waals surface area contributed by atoms with E-state index in [1.165, 1.54) is 0 Å². The second kappa shape index (κ2) is 5.48. The minimum atomic E-state index is -0.0641. The van der Waals surface area contributed by atoms with Gasteiger partial charge in [0.05, 0.1) is 5.16 Å². The summed E-state index contributed by atoms with van der Waals surface area (Å²) >= 11 is 3.81. The fourth-order valence-electron chi connectivity index (χ4n) is 2.05. The Kier molecular flexibility index (Phi) is 3.76. The lowest BCUT2D eigenvalue weighted by Gasteiger charge is -2.16. The molecule has 1 aliphatic carbocycles. The van der Waals surface area contributed by atoms with Gasteiger partial charge in [-0.3, -0.25) is 9.59 Å². The molecule has 0 saturated heterocycles. The van der Waals surface area contributed by atoms with Crippen molar-refractivity contribution in [1.82, 2.24) is 0 Å². The van der Waals surface area contributed by atoms with Crippen LogP contribution < -0.4 is 0 Å². The Balaban J connectivity index is 0.000000408. The van der Waals surface area contributed by atoms with E-state index in [1.807, 2.05) is 0 Å². The molecule has 3 rings (SSSR count). The third kappa shape index (κ3) is 2.27. The van der Waals surface area contributed by atoms with Gasteiger partial charge in [0.25, 0.3) is 0 Å². The van der Waals surface area contributed by atoms with Crippen molar-refractivity contribution in [1.29, 1.82) is 5.41 Å². The van der Waals surface area contributed by atoms with Crippen molar-refractivity contribution in [3.8, 4) is 0 Å². The van der Waals surface area contributed by atoms with Crippen molar-refractivity contribution in [3.05, 3.63) is 70.8 Å². The van der Waals surface area contributed by atoms with Crippen LogP contribution in [0, 0.1) is 5.41 Å². The van der Waals surface area contributed by atoms with Crippen LogP contribution in [0.5, 0.6) is 0 Å². The topological polar surface area (TPSA) is 58.0 Å². The number of carbonyl (C=O) groups excluding carboxylic acids is 2. The molecule has 1 N–H and O–H groups in total. The highest BCUT2D eigenvalue weighted by Gasteiger charge is 2.28. The van der Waals surface area contributed by atoms with E-state index in [9.17, 15) is 9.59 Å². The SMILES string of the molecule is N=C=S.O=C1c2ccccc2C(=O)c2ccccc21. The number of thiocarbonyl (C=S) groups is 1. The Bertz CT molecular complexity index is 595. The Labute approximate surface area is 115 Å². The molecule has 0 unspecified atom stereocenters. The molecule has 4 heteroatoms. The number of hydrogen-bond donors (Lipinski definition) is 1. The minimum Gasteiger partial charge on any atom is -0.289 e. The molecule has 1 aliphatic rings. The van der Waals surface area contributed by atoms with Gasteiger partial charge in [0.2, 0.25) is 0 Å². The van der Waals surface area contributed by atoms with Gasteiger partial charge in [-0.15, -0.1) is 0 Å². The van der Waals surface area contributed by atoms with E-state index >= 15 is 0 Å². The Hall–Kier alpha value is -2.42. The third-order valence-electron chi connectivity index (χ3n) is 2.83. The molecule has 19 heavy (non-hydrogen) atoms. The van der Waals surface area contributed by atoms with Gasteiger partial charge in [-0.25, -0.2) is 5.41 Å². The molecule has 0 bridgehead atoms. The summed E-state index contributed by atoms with van der Waals surface area (Å²) < 4.78 is 0. The molecule has 0 aliphatic heterocycles. The zero-order valence-electron chi connectivity index (χ0n) is 9.84. The lowest BCUT2D eigenvalue weighted by atomic mass is 9.84. The number of nitrogens with one attached hydrogen (secondary N) is 1. The summed E-state index contributed by atoms with van der Waals surface area (Å²) in [6, 6.07) is 13.9. The van der Waals surface area contributed by atoms with Crippen molar-refractivity contribution in [3.63, 3.8) is 0 Å². The van der Waals surface area contributed by atoms with E-state index < -0.39 is 0 Å². The third-order valence-corrected chi connectivity index (χ3v) is 2.83. The van der Waals surface area contributed by atoms with Crippen LogP contribution in [0.2, 0.25) is 0 Å². The smallest absolute Gasteiger partial charge is 0.194 e. The van der Waals surface area contributed by atoms with E-state index in [2.05, 4.69) is 12.2 Å². The summed E-state index contributed by atoms with van der Waals surface area (Å²) in [6.45, 7) is 0. The molecular weight excluding hydrogens is 258 g/mol. The lowest BCUT2D eigenvalue weighted by molar-refractivity contribution is 0.0979. The van der Waals surface area contributed by atoms with E-state index in [-0.39, 0.29) is 11.6 Å². The molecule has 0 saturated carbocycles. The fourth-order valence-corrected chi connectivity index (χ4v) is 2.05. The normalized spacial score (nSPS) is 11.6. The van der Waals surface area contributed by atoms with E-state index in [0.29, 0.717) is 22.3 Å². The number of fused-ring (bicyclic) bond motifs is 2. The molecule has 0 aromatic heterocycles. The van der Waals surface area contributed by atoms with Gasteiger partial charge in [0, 0.05) is 22.3 Å². The quantitative estimate of drug-likeness (QED) is 0.503. The monoisotopic (exact) mass is 267 g/mol. The van der Waals surface area contributed by atoms with Gasteiger partial charge in [-0.2, -0.15) is 0 Å². The largest absolute Gasteiger partial charge is 0.289 e. The van der Waals surface area contributed by atoms with Crippen LogP contribution >= 0.6 is 12.2 Å². The van der Waals surface area contributed by atoms with Gasteiger partial charge >= 0.3 is 0 Å². The molecule has 0 atom stereocenters. The number of isothiocyanates is 1. The van der Waals surface area contributed by atoms with Crippen molar-refractivity contribution < 1.29 is 9.59 Å². The van der Waals surface area contributed by atoms with Gasteiger partial charge in [0.1, 0.15) is 0 Å². The molecule has 0 heterocycles. The van der Waals surface area contributed by atoms with Crippen molar-refractivity contribution >= 4 is 28.9 Å². The highest BCUT2D eigenvalue weighted by molar-refractivity contribution is 7.78. The van der Waals surface area contributed by atoms with Gasteiger partial charge in [0.15, 0.2) is 11.6 Å². The lowest BCUT2D eigenvalue weighted by Crippen LogP contribution is -2.20. The molecular formula is C15H9NO2S. The van der Waals surface area contributed by atoms with Crippen molar-refractivity contribution in [2.75, 3.05) is 0 Å². The van der Waals surface area contributed by atoms with Crippen LogP contribution in [0.1, 0.15) is 31.8 Å². The first-order valence-corrected chi connectivity index (χ1v) is 5.93. The number of ketones is 2. The molecule has 92 valence electrons. The first-order valence-electron chi connectivity index (χ1n) is 5.52.